The maximum Gasteiger partial charge on any atom is 0.481 e. The Bertz CT molecular complexity index is 2170. The summed E-state index contributed by atoms with van der Waals surface area (Å²) in [6.45, 7) is 1.72. The van der Waals surface area contributed by atoms with Gasteiger partial charge in [-0.05, 0) is 83.1 Å². The quantitative estimate of drug-likeness (QED) is 0.0118. The second-order valence-electron chi connectivity index (χ2n) is 16.7. The number of nitrogen functional groups attached to an aromatic ring is 1. The number of aliphatic hydroxyl groups excluding tert-OH is 3. The largest absolute Gasteiger partial charge is 0.481 e. The van der Waals surface area contributed by atoms with Crippen LogP contribution in [0, 0.1) is 0 Å². The highest BCUT2D eigenvalue weighted by molar-refractivity contribution is 7.61. The van der Waals surface area contributed by atoms with Crippen molar-refractivity contribution >= 4 is 33.4 Å². The van der Waals surface area contributed by atoms with E-state index in [-0.39, 0.29) is 25.1 Å². The fraction of sp³-hybridized carbons (Fsp3) is 0.538. The van der Waals surface area contributed by atoms with Gasteiger partial charge in [0.15, 0.2) is 12.3 Å². The Morgan fingerprint density at radius 2 is 1.30 bits per heavy atom. The number of unbranched alkanes of at least 4 members (excludes halogenated alkanes) is 5. The van der Waals surface area contributed by atoms with Gasteiger partial charge in [-0.3, -0.25) is 23.2 Å². The van der Waals surface area contributed by atoms with Crippen molar-refractivity contribution < 1.29 is 71.4 Å². The maximum absolute atomic E-state index is 12.8. The summed E-state index contributed by atoms with van der Waals surface area (Å²) in [6, 6.07) is 1.24. The highest BCUT2D eigenvalue weighted by Crippen LogP contribution is 2.60. The van der Waals surface area contributed by atoms with E-state index in [0.29, 0.717) is 19.3 Å². The van der Waals surface area contributed by atoms with E-state index in [1.165, 1.54) is 6.07 Å². The van der Waals surface area contributed by atoms with Gasteiger partial charge >= 0.3 is 33.3 Å². The number of hydrogen-bond donors (Lipinski definition) is 6. The molecule has 1 aromatic heterocycles. The van der Waals surface area contributed by atoms with Gasteiger partial charge < -0.3 is 45.1 Å². The molecule has 19 nitrogen and oxygen atoms in total. The van der Waals surface area contributed by atoms with Crippen molar-refractivity contribution in [1.82, 2.24) is 9.55 Å². The van der Waals surface area contributed by atoms with Gasteiger partial charge in [-0.25, -0.2) is 13.9 Å². The lowest BCUT2D eigenvalue weighted by atomic mass is 10.1. The molecule has 21 heteroatoms. The fourth-order valence-electron chi connectivity index (χ4n) is 6.61. The molecule has 1 fully saturated rings. The van der Waals surface area contributed by atoms with E-state index in [9.17, 15) is 48.6 Å². The Balaban J connectivity index is 1.86. The smallest absolute Gasteiger partial charge is 0.462 e. The summed E-state index contributed by atoms with van der Waals surface area (Å²) in [7, 11) is -10.9. The number of carbonyl (C=O) groups is 2. The Morgan fingerprint density at radius 1 is 0.726 bits per heavy atom. The Hall–Kier alpha value is -4.62. The molecule has 408 valence electrons. The van der Waals surface area contributed by atoms with Crippen molar-refractivity contribution in [2.45, 2.75) is 160 Å². The minimum absolute atomic E-state index is 0.0770. The molecule has 7 N–H and O–H groups in total. The molecule has 0 radical (unpaired) electrons. The molecule has 0 saturated carbocycles. The number of hydrogen-bond acceptors (Lipinski definition) is 16. The lowest BCUT2D eigenvalue weighted by Crippen LogP contribution is -2.36. The number of aromatic nitrogens is 2. The van der Waals surface area contributed by atoms with Gasteiger partial charge in [0.1, 0.15) is 30.7 Å². The summed E-state index contributed by atoms with van der Waals surface area (Å²) < 4.78 is 56.6. The van der Waals surface area contributed by atoms with Gasteiger partial charge in [-0.1, -0.05) is 142 Å². The summed E-state index contributed by atoms with van der Waals surface area (Å²) in [5.74, 6) is -1.46. The summed E-state index contributed by atoms with van der Waals surface area (Å²) in [4.78, 5) is 61.9. The molecular formula is C52H79N3O16P2. The van der Waals surface area contributed by atoms with Crippen molar-refractivity contribution in [3.05, 3.63) is 132 Å². The molecule has 0 amide bonds. The first-order valence-electron chi connectivity index (χ1n) is 25.0. The third-order valence-electron chi connectivity index (χ3n) is 10.4. The molecule has 8 atom stereocenters. The normalized spacial score (nSPS) is 20.3. The molecule has 0 aromatic carbocycles. The van der Waals surface area contributed by atoms with Crippen molar-refractivity contribution in [3.63, 3.8) is 0 Å². The molecular weight excluding hydrogens is 985 g/mol. The number of aliphatic hydroxyl groups is 3. The highest BCUT2D eigenvalue weighted by atomic mass is 31.3. The molecule has 2 heterocycles. The maximum atomic E-state index is 12.8. The van der Waals surface area contributed by atoms with Crippen molar-refractivity contribution in [3.8, 4) is 0 Å². The SMILES string of the molecule is CC/C=C\C/C=C\C/C=C\CCCCCCCC(=O)OC[C@H](COP(=O)(O)OP(=O)(O)OC[C@H]1O[C@@H](n2ccc(N)nc2=O)[C@H](O)[C@@H]1O)OC(=O)CC/C=C\C/C=C\C/C=C\C/C=C/C=C/C(O)C/C=C\CC. The zero-order valence-corrected chi connectivity index (χ0v) is 44.0. The lowest BCUT2D eigenvalue weighted by Gasteiger charge is -2.21. The minimum Gasteiger partial charge on any atom is -0.462 e. The second-order valence-corrected chi connectivity index (χ2v) is 19.8. The molecule has 1 aliphatic heterocycles. The first-order chi connectivity index (χ1) is 35.1. The van der Waals surface area contributed by atoms with E-state index in [4.69, 9.17) is 29.0 Å². The predicted octanol–water partition coefficient (Wildman–Crippen LogP) is 9.19. The first kappa shape index (κ1) is 64.5. The summed E-state index contributed by atoms with van der Waals surface area (Å²) in [5.41, 5.74) is 4.57. The predicted molar refractivity (Wildman–Crippen MR) is 280 cm³/mol. The Labute approximate surface area is 430 Å². The van der Waals surface area contributed by atoms with Crippen molar-refractivity contribution in [2.75, 3.05) is 25.6 Å². The standard InChI is InChI=1S/C52H79N3O16P2/c1-3-5-7-8-9-10-11-12-13-16-19-22-25-28-32-36-47(57)66-40-44(69-48(58)37-33-29-26-23-20-17-14-15-18-21-24-27-31-35-43(56)34-30-6-4-2)41-67-72(62,63)71-73(64,65)68-42-45-49(59)50(60)51(70-45)55-39-38-46(53)54-52(55)61/h5-7,9-10,12-13,15,17-18,20,24,26-27,29-31,35,38-39,43-45,49-51,56,59-60H,3-4,8,11,14,16,19,21-23,25,28,32-34,36-37,40-42H2,1-2H3,(H,62,63)(H,64,65)(H2,53,54,61)/b7-5-,10-9-,13-12-,18-15-,20-17-,27-24+,29-26-,30-6-,35-31+/t43?,44-,45-,49-,50-,51-/m1/s1. The summed E-state index contributed by atoms with van der Waals surface area (Å²) in [6.07, 6.45) is 40.9. The van der Waals surface area contributed by atoms with Crippen LogP contribution in [0.3, 0.4) is 0 Å². The molecule has 1 aromatic rings. The van der Waals surface area contributed by atoms with E-state index >= 15 is 0 Å². The number of carbonyl (C=O) groups excluding carboxylic acids is 2. The molecule has 0 bridgehead atoms. The summed E-state index contributed by atoms with van der Waals surface area (Å²) in [5, 5.41) is 30.8. The molecule has 0 aliphatic carbocycles. The number of allylic oxidation sites excluding steroid dienone is 16. The number of anilines is 1. The van der Waals surface area contributed by atoms with Gasteiger partial charge in [0.05, 0.1) is 19.3 Å². The lowest BCUT2D eigenvalue weighted by molar-refractivity contribution is -0.161. The van der Waals surface area contributed by atoms with Crippen molar-refractivity contribution in [2.24, 2.45) is 0 Å². The number of rotatable bonds is 39. The minimum atomic E-state index is -5.46. The average molecular weight is 1060 g/mol. The fourth-order valence-corrected chi connectivity index (χ4v) is 8.72. The van der Waals surface area contributed by atoms with Crippen LogP contribution in [0.5, 0.6) is 0 Å². The Kier molecular flexibility index (Phi) is 34.4. The van der Waals surface area contributed by atoms with Crippen LogP contribution in [0.15, 0.2) is 126 Å². The topological polar surface area (TPSA) is 286 Å². The van der Waals surface area contributed by atoms with E-state index in [1.807, 2.05) is 67.7 Å². The van der Waals surface area contributed by atoms with Crippen LogP contribution in [0.4, 0.5) is 5.82 Å². The number of phosphoric acid groups is 2. The van der Waals surface area contributed by atoms with Crippen LogP contribution in [-0.4, -0.2) is 96.9 Å². The molecule has 2 rings (SSSR count). The monoisotopic (exact) mass is 1060 g/mol. The Morgan fingerprint density at radius 3 is 1.96 bits per heavy atom. The van der Waals surface area contributed by atoms with Crippen LogP contribution >= 0.6 is 15.6 Å². The van der Waals surface area contributed by atoms with Crippen LogP contribution in [0.2, 0.25) is 0 Å². The van der Waals surface area contributed by atoms with E-state index in [2.05, 4.69) is 52.7 Å². The van der Waals surface area contributed by atoms with Crippen LogP contribution in [-0.2, 0) is 46.3 Å². The molecule has 73 heavy (non-hydrogen) atoms. The molecule has 0 spiro atoms. The van der Waals surface area contributed by atoms with Gasteiger partial charge in [-0.15, -0.1) is 0 Å². The van der Waals surface area contributed by atoms with Crippen molar-refractivity contribution in [1.29, 1.82) is 0 Å². The summed E-state index contributed by atoms with van der Waals surface area (Å²) >= 11 is 0. The van der Waals surface area contributed by atoms with Gasteiger partial charge in [0, 0.05) is 19.0 Å². The number of phosphoric ester groups is 2. The number of ether oxygens (including phenoxy) is 3. The molecule has 1 aliphatic rings. The van der Waals surface area contributed by atoms with Crippen LogP contribution in [0.1, 0.15) is 129 Å². The highest BCUT2D eigenvalue weighted by Gasteiger charge is 2.46. The van der Waals surface area contributed by atoms with Gasteiger partial charge in [-0.2, -0.15) is 9.29 Å². The van der Waals surface area contributed by atoms with Gasteiger partial charge in [0.2, 0.25) is 0 Å². The molecule has 1 saturated heterocycles. The number of esters is 2. The zero-order valence-electron chi connectivity index (χ0n) is 42.2. The number of nitrogens with zero attached hydrogens (tertiary/aromatic N) is 2. The van der Waals surface area contributed by atoms with Crippen LogP contribution in [0.25, 0.3) is 0 Å². The van der Waals surface area contributed by atoms with E-state index < -0.39 is 89.8 Å². The first-order valence-corrected chi connectivity index (χ1v) is 28.0. The third-order valence-corrected chi connectivity index (χ3v) is 13.0. The third kappa shape index (κ3) is 31.7. The van der Waals surface area contributed by atoms with E-state index in [1.54, 1.807) is 12.2 Å². The van der Waals surface area contributed by atoms with E-state index in [0.717, 1.165) is 81.4 Å². The zero-order chi connectivity index (χ0) is 53.6. The molecule has 3 unspecified atom stereocenters. The number of nitrogens with two attached hydrogens (primary N) is 1. The van der Waals surface area contributed by atoms with Crippen LogP contribution < -0.4 is 11.4 Å². The van der Waals surface area contributed by atoms with Gasteiger partial charge in [0.25, 0.3) is 0 Å². The second kappa shape index (κ2) is 38.9. The average Bonchev–Trinajstić information content (AvgIpc) is 3.62.